The number of ether oxygens (including phenoxy) is 1. The molecule has 21 heavy (non-hydrogen) atoms. The monoisotopic (exact) mass is 312 g/mol. The number of aliphatic imine (C=N–C) groups is 1. The number of anilines is 1. The standard InChI is InChI=1S/C14H21ClN4O2/c1-9(2)13(20)17-6-7-18-14(16)19-10-4-5-12(21-3)11(15)8-10/h4-5,8-9H,6-7H2,1-3H3,(H,17,20)(H3,16,18,19). The molecule has 6 nitrogen and oxygen atoms in total. The highest BCUT2D eigenvalue weighted by atomic mass is 35.5. The molecule has 1 aromatic rings. The third-order valence-corrected chi connectivity index (χ3v) is 2.94. The summed E-state index contributed by atoms with van der Waals surface area (Å²) in [4.78, 5) is 15.5. The van der Waals surface area contributed by atoms with Crippen LogP contribution in [0.15, 0.2) is 23.2 Å². The van der Waals surface area contributed by atoms with Crippen molar-refractivity contribution in [2.75, 3.05) is 25.5 Å². The Morgan fingerprint density at radius 1 is 1.48 bits per heavy atom. The number of rotatable bonds is 6. The van der Waals surface area contributed by atoms with Crippen LogP contribution in [0.25, 0.3) is 0 Å². The maximum absolute atomic E-state index is 11.3. The average molecular weight is 313 g/mol. The highest BCUT2D eigenvalue weighted by molar-refractivity contribution is 6.32. The van der Waals surface area contributed by atoms with Gasteiger partial charge in [-0.2, -0.15) is 0 Å². The van der Waals surface area contributed by atoms with Crippen LogP contribution < -0.4 is 21.1 Å². The number of benzene rings is 1. The molecule has 0 bridgehead atoms. The van der Waals surface area contributed by atoms with Crippen molar-refractivity contribution in [3.05, 3.63) is 23.2 Å². The molecule has 1 amide bonds. The largest absolute Gasteiger partial charge is 0.495 e. The molecule has 0 aliphatic carbocycles. The van der Waals surface area contributed by atoms with Gasteiger partial charge < -0.3 is 21.1 Å². The molecule has 0 aliphatic rings. The molecule has 0 aliphatic heterocycles. The van der Waals surface area contributed by atoms with Crippen LogP contribution in [0.2, 0.25) is 5.02 Å². The van der Waals surface area contributed by atoms with Gasteiger partial charge in [-0.25, -0.2) is 0 Å². The van der Waals surface area contributed by atoms with Crippen LogP contribution in [0.1, 0.15) is 13.8 Å². The number of amides is 1. The number of carbonyl (C=O) groups excluding carboxylic acids is 1. The summed E-state index contributed by atoms with van der Waals surface area (Å²) >= 11 is 6.01. The van der Waals surface area contributed by atoms with E-state index in [-0.39, 0.29) is 17.8 Å². The van der Waals surface area contributed by atoms with E-state index in [0.717, 1.165) is 0 Å². The first-order chi connectivity index (χ1) is 9.93. The van der Waals surface area contributed by atoms with Gasteiger partial charge in [-0.1, -0.05) is 25.4 Å². The zero-order chi connectivity index (χ0) is 15.8. The second kappa shape index (κ2) is 8.36. The molecule has 0 saturated heterocycles. The fourth-order valence-corrected chi connectivity index (χ4v) is 1.75. The molecule has 116 valence electrons. The first kappa shape index (κ1) is 17.1. The zero-order valence-electron chi connectivity index (χ0n) is 12.4. The molecule has 1 aromatic carbocycles. The zero-order valence-corrected chi connectivity index (χ0v) is 13.2. The van der Waals surface area contributed by atoms with Gasteiger partial charge in [0, 0.05) is 18.2 Å². The van der Waals surface area contributed by atoms with E-state index in [4.69, 9.17) is 22.1 Å². The number of halogens is 1. The number of carbonyl (C=O) groups is 1. The minimum Gasteiger partial charge on any atom is -0.495 e. The van der Waals surface area contributed by atoms with Crippen molar-refractivity contribution in [1.29, 1.82) is 0 Å². The minimum absolute atomic E-state index is 0.00123. The molecule has 0 aromatic heterocycles. The fraction of sp³-hybridized carbons (Fsp3) is 0.429. The predicted molar refractivity (Wildman–Crippen MR) is 86.0 cm³/mol. The van der Waals surface area contributed by atoms with Gasteiger partial charge in [0.25, 0.3) is 0 Å². The van der Waals surface area contributed by atoms with Crippen molar-refractivity contribution in [2.45, 2.75) is 13.8 Å². The Hall–Kier alpha value is -1.95. The lowest BCUT2D eigenvalue weighted by atomic mass is 10.2. The van der Waals surface area contributed by atoms with Crippen molar-refractivity contribution in [3.8, 4) is 5.75 Å². The van der Waals surface area contributed by atoms with E-state index in [1.165, 1.54) is 0 Å². The molecule has 0 unspecified atom stereocenters. The van der Waals surface area contributed by atoms with Crippen molar-refractivity contribution < 1.29 is 9.53 Å². The van der Waals surface area contributed by atoms with Crippen LogP contribution in [0.4, 0.5) is 5.69 Å². The molecule has 0 atom stereocenters. The summed E-state index contributed by atoms with van der Waals surface area (Å²) in [6, 6.07) is 5.22. The van der Waals surface area contributed by atoms with E-state index < -0.39 is 0 Å². The molecule has 7 heteroatoms. The average Bonchev–Trinajstić information content (AvgIpc) is 2.43. The minimum atomic E-state index is -0.0362. The van der Waals surface area contributed by atoms with Crippen molar-refractivity contribution in [3.63, 3.8) is 0 Å². The lowest BCUT2D eigenvalue weighted by molar-refractivity contribution is -0.123. The Morgan fingerprint density at radius 2 is 2.19 bits per heavy atom. The van der Waals surface area contributed by atoms with Crippen LogP contribution in [-0.4, -0.2) is 32.1 Å². The molecule has 4 N–H and O–H groups in total. The second-order valence-corrected chi connectivity index (χ2v) is 5.09. The first-order valence-electron chi connectivity index (χ1n) is 6.62. The van der Waals surface area contributed by atoms with Gasteiger partial charge in [-0.05, 0) is 18.2 Å². The number of guanidine groups is 1. The third-order valence-electron chi connectivity index (χ3n) is 2.64. The Kier molecular flexibility index (Phi) is 6.81. The van der Waals surface area contributed by atoms with Crippen LogP contribution in [0.3, 0.4) is 0 Å². The topological polar surface area (TPSA) is 88.7 Å². The number of hydrogen-bond donors (Lipinski definition) is 3. The van der Waals surface area contributed by atoms with E-state index in [9.17, 15) is 4.79 Å². The molecule has 0 saturated carbocycles. The van der Waals surface area contributed by atoms with Gasteiger partial charge in [0.15, 0.2) is 5.96 Å². The van der Waals surface area contributed by atoms with E-state index in [1.54, 1.807) is 25.3 Å². The van der Waals surface area contributed by atoms with Gasteiger partial charge in [-0.15, -0.1) is 0 Å². The van der Waals surface area contributed by atoms with Crippen molar-refractivity contribution in [1.82, 2.24) is 5.32 Å². The third kappa shape index (κ3) is 5.91. The van der Waals surface area contributed by atoms with Crippen LogP contribution in [0, 0.1) is 5.92 Å². The highest BCUT2D eigenvalue weighted by Gasteiger charge is 2.05. The Balaban J connectivity index is 2.45. The maximum atomic E-state index is 11.3. The number of nitrogens with one attached hydrogen (secondary N) is 2. The summed E-state index contributed by atoms with van der Waals surface area (Å²) in [5.74, 6) is 0.814. The number of methoxy groups -OCH3 is 1. The number of hydrogen-bond acceptors (Lipinski definition) is 3. The van der Waals surface area contributed by atoms with Crippen molar-refractivity contribution in [2.24, 2.45) is 16.6 Å². The first-order valence-corrected chi connectivity index (χ1v) is 7.00. The predicted octanol–water partition coefficient (Wildman–Crippen LogP) is 1.85. The van der Waals surface area contributed by atoms with Gasteiger partial charge >= 0.3 is 0 Å². The van der Waals surface area contributed by atoms with Gasteiger partial charge in [0.2, 0.25) is 5.91 Å². The summed E-state index contributed by atoms with van der Waals surface area (Å²) in [5.41, 5.74) is 6.47. The number of nitrogens with zero attached hydrogens (tertiary/aromatic N) is 1. The highest BCUT2D eigenvalue weighted by Crippen LogP contribution is 2.26. The van der Waals surface area contributed by atoms with E-state index >= 15 is 0 Å². The maximum Gasteiger partial charge on any atom is 0.222 e. The summed E-state index contributed by atoms with van der Waals surface area (Å²) < 4.78 is 5.06. The number of nitrogens with two attached hydrogens (primary N) is 1. The van der Waals surface area contributed by atoms with E-state index in [2.05, 4.69) is 15.6 Å². The van der Waals surface area contributed by atoms with Gasteiger partial charge in [-0.3, -0.25) is 9.79 Å². The van der Waals surface area contributed by atoms with E-state index in [1.807, 2.05) is 13.8 Å². The second-order valence-electron chi connectivity index (χ2n) is 4.69. The smallest absolute Gasteiger partial charge is 0.222 e. The molecule has 0 radical (unpaired) electrons. The van der Waals surface area contributed by atoms with E-state index in [0.29, 0.717) is 29.5 Å². The summed E-state index contributed by atoms with van der Waals surface area (Å²) in [6.07, 6.45) is 0. The van der Waals surface area contributed by atoms with Gasteiger partial charge in [0.05, 0.1) is 18.7 Å². The summed E-state index contributed by atoms with van der Waals surface area (Å²) in [7, 11) is 1.55. The van der Waals surface area contributed by atoms with Crippen LogP contribution in [0.5, 0.6) is 5.75 Å². The Morgan fingerprint density at radius 3 is 2.76 bits per heavy atom. The Labute approximate surface area is 129 Å². The quantitative estimate of drug-likeness (QED) is 0.425. The lowest BCUT2D eigenvalue weighted by Crippen LogP contribution is -2.31. The molecule has 1 rings (SSSR count). The van der Waals surface area contributed by atoms with Crippen LogP contribution >= 0.6 is 11.6 Å². The van der Waals surface area contributed by atoms with Gasteiger partial charge in [0.1, 0.15) is 5.75 Å². The lowest BCUT2D eigenvalue weighted by Gasteiger charge is -2.09. The van der Waals surface area contributed by atoms with Crippen LogP contribution in [-0.2, 0) is 4.79 Å². The van der Waals surface area contributed by atoms with Crippen molar-refractivity contribution >= 4 is 29.2 Å². The molecular formula is C14H21ClN4O2. The fourth-order valence-electron chi connectivity index (χ4n) is 1.49. The normalized spacial score (nSPS) is 11.4. The molecule has 0 fully saturated rings. The SMILES string of the molecule is COc1ccc(NC(N)=NCCNC(=O)C(C)C)cc1Cl. The summed E-state index contributed by atoms with van der Waals surface area (Å²) in [5, 5.41) is 6.16. The Bertz CT molecular complexity index is 518. The molecule has 0 heterocycles. The molecule has 0 spiro atoms. The summed E-state index contributed by atoms with van der Waals surface area (Å²) in [6.45, 7) is 4.52. The molecular weight excluding hydrogens is 292 g/mol.